The zero-order valence-electron chi connectivity index (χ0n) is 17.5. The first-order valence-electron chi connectivity index (χ1n) is 11.8. The summed E-state index contributed by atoms with van der Waals surface area (Å²) in [7, 11) is 0. The smallest absolute Gasteiger partial charge is 0.125 e. The van der Waals surface area contributed by atoms with E-state index < -0.39 is 5.60 Å². The Balaban J connectivity index is 1.32. The highest BCUT2D eigenvalue weighted by Gasteiger charge is 2.57. The molecule has 0 spiro atoms. The van der Waals surface area contributed by atoms with Crippen LogP contribution in [0.4, 0.5) is 0 Å². The summed E-state index contributed by atoms with van der Waals surface area (Å²) >= 11 is 0. The van der Waals surface area contributed by atoms with E-state index in [1.165, 1.54) is 63.4 Å². The number of hydrogen-bond donors (Lipinski definition) is 1. The van der Waals surface area contributed by atoms with Gasteiger partial charge in [-0.3, -0.25) is 0 Å². The van der Waals surface area contributed by atoms with Crippen LogP contribution < -0.4 is 0 Å². The monoisotopic (exact) mass is 366 g/mol. The maximum absolute atomic E-state index is 11.1. The van der Waals surface area contributed by atoms with Crippen LogP contribution in [0, 0.1) is 58.7 Å². The molecule has 0 aromatic heterocycles. The third kappa shape index (κ3) is 3.02. The minimum absolute atomic E-state index is 0.519. The minimum atomic E-state index is -0.668. The van der Waals surface area contributed by atoms with Crippen molar-refractivity contribution in [3.63, 3.8) is 0 Å². The molecule has 1 nitrogen and oxygen atoms in total. The topological polar surface area (TPSA) is 20.2 Å². The SMILES string of the molecule is C=C(C)[C@H]1CC[C@H]2[C@@H]3CC[C@H]4C[C@@](O)(C#CC5CC5)CC[C@@H]4[C@H]3CC[C@]12C. The van der Waals surface area contributed by atoms with Crippen molar-refractivity contribution < 1.29 is 5.11 Å². The Morgan fingerprint density at radius 3 is 2.44 bits per heavy atom. The fraction of sp³-hybridized carbons (Fsp3) is 0.846. The number of hydrogen-bond acceptors (Lipinski definition) is 1. The normalized spacial score (nSPS) is 51.4. The van der Waals surface area contributed by atoms with Crippen molar-refractivity contribution in [1.82, 2.24) is 0 Å². The molecule has 0 aromatic rings. The van der Waals surface area contributed by atoms with Crippen molar-refractivity contribution in [3.8, 4) is 11.8 Å². The van der Waals surface area contributed by atoms with E-state index in [1.807, 2.05) is 0 Å². The van der Waals surface area contributed by atoms with Crippen LogP contribution in [0.2, 0.25) is 0 Å². The summed E-state index contributed by atoms with van der Waals surface area (Å²) in [5.74, 6) is 12.4. The Kier molecular flexibility index (Phi) is 4.33. The van der Waals surface area contributed by atoms with Gasteiger partial charge in [-0.05, 0) is 118 Å². The van der Waals surface area contributed by atoms with Gasteiger partial charge in [0.05, 0.1) is 0 Å². The maximum Gasteiger partial charge on any atom is 0.125 e. The molecule has 1 N–H and O–H groups in total. The highest BCUT2D eigenvalue weighted by molar-refractivity contribution is 5.21. The first-order valence-corrected chi connectivity index (χ1v) is 11.8. The summed E-state index contributed by atoms with van der Waals surface area (Å²) in [5.41, 5.74) is 1.28. The van der Waals surface area contributed by atoms with Gasteiger partial charge < -0.3 is 5.11 Å². The molecule has 0 saturated heterocycles. The van der Waals surface area contributed by atoms with Crippen LogP contribution in [0.15, 0.2) is 12.2 Å². The Labute approximate surface area is 166 Å². The van der Waals surface area contributed by atoms with Crippen LogP contribution in [0.3, 0.4) is 0 Å². The quantitative estimate of drug-likeness (QED) is 0.447. The minimum Gasteiger partial charge on any atom is -0.378 e. The van der Waals surface area contributed by atoms with Crippen LogP contribution >= 0.6 is 0 Å². The Hall–Kier alpha value is -0.740. The second-order valence-corrected chi connectivity index (χ2v) is 11.3. The van der Waals surface area contributed by atoms with Crippen molar-refractivity contribution in [2.45, 2.75) is 90.1 Å². The lowest BCUT2D eigenvalue weighted by Crippen LogP contribution is -2.50. The van der Waals surface area contributed by atoms with E-state index in [0.717, 1.165) is 48.3 Å². The van der Waals surface area contributed by atoms with Crippen molar-refractivity contribution >= 4 is 0 Å². The van der Waals surface area contributed by atoms with E-state index in [1.54, 1.807) is 0 Å². The molecule has 0 heterocycles. The highest BCUT2D eigenvalue weighted by Crippen LogP contribution is 2.65. The second kappa shape index (κ2) is 6.38. The van der Waals surface area contributed by atoms with Gasteiger partial charge >= 0.3 is 0 Å². The van der Waals surface area contributed by atoms with Crippen molar-refractivity contribution in [1.29, 1.82) is 0 Å². The molecule has 148 valence electrons. The lowest BCUT2D eigenvalue weighted by atomic mass is 9.49. The van der Waals surface area contributed by atoms with Crippen LogP contribution in [0.1, 0.15) is 84.5 Å². The molecule has 0 aliphatic heterocycles. The van der Waals surface area contributed by atoms with Gasteiger partial charge in [0.15, 0.2) is 0 Å². The molecular formula is C26H38O. The van der Waals surface area contributed by atoms with E-state index in [-0.39, 0.29) is 0 Å². The summed E-state index contributed by atoms with van der Waals surface area (Å²) in [6.45, 7) is 9.22. The molecular weight excluding hydrogens is 328 g/mol. The molecule has 0 bridgehead atoms. The number of allylic oxidation sites excluding steroid dienone is 1. The standard InChI is InChI=1S/C26H38O/c1-17(2)23-8-9-24-22-7-6-19-16-26(27,14-10-18-4-5-18)15-12-20(19)21(22)11-13-25(23,24)3/h18-24,27H,1,4-9,11-13,15-16H2,2-3H3/t19-,20-,21+,22+,23+,24-,25+,26+/m0/s1. The Morgan fingerprint density at radius 1 is 0.926 bits per heavy atom. The number of rotatable bonds is 1. The van der Waals surface area contributed by atoms with Crippen LogP contribution in [-0.2, 0) is 0 Å². The lowest BCUT2D eigenvalue weighted by Gasteiger charge is -2.57. The van der Waals surface area contributed by atoms with Crippen LogP contribution in [-0.4, -0.2) is 10.7 Å². The number of aliphatic hydroxyl groups is 1. The molecule has 5 rings (SSSR count). The van der Waals surface area contributed by atoms with Crippen molar-refractivity contribution in [3.05, 3.63) is 12.2 Å². The molecule has 8 atom stereocenters. The fourth-order valence-electron chi connectivity index (χ4n) is 8.27. The van der Waals surface area contributed by atoms with Crippen LogP contribution in [0.5, 0.6) is 0 Å². The molecule has 5 fully saturated rings. The Morgan fingerprint density at radius 2 is 1.70 bits per heavy atom. The van der Waals surface area contributed by atoms with E-state index in [0.29, 0.717) is 11.3 Å². The van der Waals surface area contributed by atoms with E-state index in [4.69, 9.17) is 0 Å². The van der Waals surface area contributed by atoms with Gasteiger partial charge in [-0.2, -0.15) is 0 Å². The first kappa shape index (κ1) is 18.3. The van der Waals surface area contributed by atoms with Gasteiger partial charge in [0.25, 0.3) is 0 Å². The molecule has 27 heavy (non-hydrogen) atoms. The second-order valence-electron chi connectivity index (χ2n) is 11.3. The van der Waals surface area contributed by atoms with Gasteiger partial charge in [-0.25, -0.2) is 0 Å². The van der Waals surface area contributed by atoms with Gasteiger partial charge in [-0.1, -0.05) is 30.9 Å². The van der Waals surface area contributed by atoms with Gasteiger partial charge in [0, 0.05) is 5.92 Å². The predicted molar refractivity (Wildman–Crippen MR) is 111 cm³/mol. The maximum atomic E-state index is 11.1. The van der Waals surface area contributed by atoms with E-state index in [9.17, 15) is 5.11 Å². The molecule has 1 heteroatoms. The zero-order chi connectivity index (χ0) is 18.8. The molecule has 5 saturated carbocycles. The summed E-state index contributed by atoms with van der Waals surface area (Å²) in [4.78, 5) is 0. The zero-order valence-corrected chi connectivity index (χ0v) is 17.5. The first-order chi connectivity index (χ1) is 12.9. The number of fused-ring (bicyclic) bond motifs is 5. The molecule has 0 aromatic carbocycles. The molecule has 5 aliphatic rings. The highest BCUT2D eigenvalue weighted by atomic mass is 16.3. The van der Waals surface area contributed by atoms with Crippen LogP contribution in [0.25, 0.3) is 0 Å². The predicted octanol–water partition coefficient (Wildman–Crippen LogP) is 5.98. The van der Waals surface area contributed by atoms with Crippen molar-refractivity contribution in [2.75, 3.05) is 0 Å². The van der Waals surface area contributed by atoms with Gasteiger partial charge in [0.1, 0.15) is 5.60 Å². The van der Waals surface area contributed by atoms with Gasteiger partial charge in [0.2, 0.25) is 0 Å². The summed E-state index contributed by atoms with van der Waals surface area (Å²) in [5, 5.41) is 11.1. The fourth-order valence-corrected chi connectivity index (χ4v) is 8.27. The van der Waals surface area contributed by atoms with E-state index in [2.05, 4.69) is 32.3 Å². The van der Waals surface area contributed by atoms with Gasteiger partial charge in [-0.15, -0.1) is 0 Å². The molecule has 0 radical (unpaired) electrons. The average Bonchev–Trinajstić information content (AvgIpc) is 3.39. The summed E-state index contributed by atoms with van der Waals surface area (Å²) in [6, 6.07) is 0. The average molecular weight is 367 g/mol. The third-order valence-corrected chi connectivity index (χ3v) is 9.69. The molecule has 0 amide bonds. The Bertz CT molecular complexity index is 678. The summed E-state index contributed by atoms with van der Waals surface area (Å²) in [6.07, 6.45) is 14.0. The largest absolute Gasteiger partial charge is 0.378 e. The lowest BCUT2D eigenvalue weighted by molar-refractivity contribution is -0.0872. The summed E-state index contributed by atoms with van der Waals surface area (Å²) < 4.78 is 0. The third-order valence-electron chi connectivity index (χ3n) is 9.69. The molecule has 5 aliphatic carbocycles. The molecule has 0 unspecified atom stereocenters. The van der Waals surface area contributed by atoms with E-state index >= 15 is 0 Å². The van der Waals surface area contributed by atoms with Crippen molar-refractivity contribution in [2.24, 2.45) is 46.8 Å².